The van der Waals surface area contributed by atoms with Gasteiger partial charge in [-0.05, 0) is 12.1 Å². The molecule has 0 spiro atoms. The van der Waals surface area contributed by atoms with Crippen LogP contribution in [0.4, 0.5) is 37.2 Å². The molecule has 0 unspecified atom stereocenters. The van der Waals surface area contributed by atoms with Gasteiger partial charge in [0.15, 0.2) is 5.69 Å². The second-order valence-electron chi connectivity index (χ2n) is 5.10. The van der Waals surface area contributed by atoms with Crippen LogP contribution in [0.15, 0.2) is 24.4 Å². The molecule has 0 saturated carbocycles. The van der Waals surface area contributed by atoms with Crippen molar-refractivity contribution in [2.45, 2.75) is 6.18 Å². The maximum Gasteiger partial charge on any atom is 0.435 e. The number of hydrogen-bond acceptors (Lipinski definition) is 4. The molecular weight excluding hydrogens is 381 g/mol. The van der Waals surface area contributed by atoms with E-state index in [-0.39, 0.29) is 0 Å². The second kappa shape index (κ2) is 7.01. The summed E-state index contributed by atoms with van der Waals surface area (Å²) in [6, 6.07) is -1.53. The monoisotopic (exact) mass is 391 g/mol. The van der Waals surface area contributed by atoms with E-state index in [4.69, 9.17) is 5.73 Å². The smallest absolute Gasteiger partial charge is 0.351 e. The lowest BCUT2D eigenvalue weighted by Crippen LogP contribution is -2.47. The van der Waals surface area contributed by atoms with Gasteiger partial charge in [0, 0.05) is 19.3 Å². The third kappa shape index (κ3) is 4.19. The number of aromatic nitrogens is 2. The molecule has 8 nitrogen and oxygen atoms in total. The molecule has 13 heteroatoms. The van der Waals surface area contributed by atoms with Gasteiger partial charge >= 0.3 is 18.2 Å². The highest BCUT2D eigenvalue weighted by molar-refractivity contribution is 6.18. The number of anilines is 1. The molecule has 5 amide bonds. The van der Waals surface area contributed by atoms with Gasteiger partial charge in [0.2, 0.25) is 0 Å². The van der Waals surface area contributed by atoms with Crippen molar-refractivity contribution in [2.75, 3.05) is 5.32 Å². The fourth-order valence-electron chi connectivity index (χ4n) is 2.03. The maximum absolute atomic E-state index is 13.6. The number of alkyl halides is 3. The molecule has 144 valence electrons. The van der Waals surface area contributed by atoms with Gasteiger partial charge in [0.1, 0.15) is 11.6 Å². The van der Waals surface area contributed by atoms with E-state index in [1.807, 2.05) is 0 Å². The van der Waals surface area contributed by atoms with Crippen LogP contribution in [0.2, 0.25) is 0 Å². The Morgan fingerprint density at radius 3 is 2.41 bits per heavy atom. The van der Waals surface area contributed by atoms with Crippen LogP contribution in [0.5, 0.6) is 0 Å². The van der Waals surface area contributed by atoms with Gasteiger partial charge in [-0.3, -0.25) is 9.48 Å². The van der Waals surface area contributed by atoms with E-state index in [1.165, 1.54) is 0 Å². The number of amides is 5. The van der Waals surface area contributed by atoms with Gasteiger partial charge in [-0.15, -0.1) is 0 Å². The van der Waals surface area contributed by atoms with Crippen LogP contribution in [-0.4, -0.2) is 32.6 Å². The highest BCUT2D eigenvalue weighted by atomic mass is 19.4. The molecule has 3 N–H and O–H groups in total. The fourth-order valence-corrected chi connectivity index (χ4v) is 2.03. The lowest BCUT2D eigenvalue weighted by atomic mass is 10.2. The van der Waals surface area contributed by atoms with E-state index in [1.54, 1.807) is 5.32 Å². The summed E-state index contributed by atoms with van der Waals surface area (Å²) in [5.74, 6) is -3.84. The topological polar surface area (TPSA) is 110 Å². The first kappa shape index (κ1) is 19.8. The number of primary amides is 1. The number of nitrogens with one attached hydrogen (secondary N) is 1. The van der Waals surface area contributed by atoms with Gasteiger partial charge in [-0.2, -0.15) is 23.2 Å². The standard InChI is InChI=1S/C14H10F5N5O3/c1-23-5-7(10(22-23)14(17,18)19)11(25)24(12(20)26)13(27)21-9-4-6(15)2-3-8(9)16/h2-5H,1H3,(H2,20,26)(H,21,27). The first-order valence-electron chi connectivity index (χ1n) is 6.92. The number of rotatable bonds is 2. The van der Waals surface area contributed by atoms with Crippen LogP contribution in [-0.2, 0) is 13.2 Å². The summed E-state index contributed by atoms with van der Waals surface area (Å²) in [6.07, 6.45) is -4.45. The molecule has 0 fully saturated rings. The number of urea groups is 2. The van der Waals surface area contributed by atoms with Gasteiger partial charge < -0.3 is 11.1 Å². The van der Waals surface area contributed by atoms with E-state index in [9.17, 15) is 36.3 Å². The van der Waals surface area contributed by atoms with Crippen LogP contribution in [0.1, 0.15) is 16.1 Å². The number of nitrogens with zero attached hydrogens (tertiary/aromatic N) is 3. The first-order chi connectivity index (χ1) is 12.4. The van der Waals surface area contributed by atoms with Crippen molar-refractivity contribution in [1.82, 2.24) is 14.7 Å². The first-order valence-corrected chi connectivity index (χ1v) is 6.92. The summed E-state index contributed by atoms with van der Waals surface area (Å²) >= 11 is 0. The van der Waals surface area contributed by atoms with Gasteiger partial charge in [0.25, 0.3) is 5.91 Å². The minimum Gasteiger partial charge on any atom is -0.351 e. The zero-order chi connectivity index (χ0) is 20.5. The number of carbonyl (C=O) groups is 3. The van der Waals surface area contributed by atoms with Crippen LogP contribution < -0.4 is 11.1 Å². The van der Waals surface area contributed by atoms with Crippen molar-refractivity contribution < 1.29 is 36.3 Å². The number of aryl methyl sites for hydroxylation is 1. The molecule has 1 aromatic heterocycles. The number of nitrogens with two attached hydrogens (primary N) is 1. The predicted octanol–water partition coefficient (Wildman–Crippen LogP) is 2.47. The van der Waals surface area contributed by atoms with E-state index in [0.29, 0.717) is 23.0 Å². The Morgan fingerprint density at radius 2 is 1.85 bits per heavy atom. The highest BCUT2D eigenvalue weighted by Crippen LogP contribution is 2.31. The summed E-state index contributed by atoms with van der Waals surface area (Å²) in [4.78, 5) is 35.5. The number of imide groups is 3. The molecule has 2 rings (SSSR count). The van der Waals surface area contributed by atoms with Gasteiger partial charge in [0.05, 0.1) is 11.3 Å². The van der Waals surface area contributed by atoms with Crippen molar-refractivity contribution >= 4 is 23.7 Å². The molecule has 0 radical (unpaired) electrons. The van der Waals surface area contributed by atoms with E-state index in [2.05, 4.69) is 5.10 Å². The molecule has 2 aromatic rings. The molecular formula is C14H10F5N5O3. The van der Waals surface area contributed by atoms with E-state index in [0.717, 1.165) is 13.1 Å². The number of halogens is 5. The van der Waals surface area contributed by atoms with E-state index >= 15 is 0 Å². The molecule has 0 aliphatic heterocycles. The van der Waals surface area contributed by atoms with Crippen molar-refractivity contribution in [1.29, 1.82) is 0 Å². The van der Waals surface area contributed by atoms with Gasteiger partial charge in [-0.25, -0.2) is 18.4 Å². The lowest BCUT2D eigenvalue weighted by molar-refractivity contribution is -0.141. The average Bonchev–Trinajstić information content (AvgIpc) is 2.93. The summed E-state index contributed by atoms with van der Waals surface area (Å²) in [5.41, 5.74) is 1.33. The van der Waals surface area contributed by atoms with Crippen molar-refractivity contribution in [3.05, 3.63) is 47.3 Å². The molecule has 0 bridgehead atoms. The predicted molar refractivity (Wildman–Crippen MR) is 79.3 cm³/mol. The highest BCUT2D eigenvalue weighted by Gasteiger charge is 2.42. The summed E-state index contributed by atoms with van der Waals surface area (Å²) < 4.78 is 66.3. The van der Waals surface area contributed by atoms with E-state index < -0.39 is 57.6 Å². The maximum atomic E-state index is 13.6. The lowest BCUT2D eigenvalue weighted by Gasteiger charge is -2.18. The number of benzene rings is 1. The zero-order valence-electron chi connectivity index (χ0n) is 13.3. The molecule has 0 saturated heterocycles. The average molecular weight is 391 g/mol. The fraction of sp³-hybridized carbons (Fsp3) is 0.143. The Hall–Kier alpha value is -3.51. The Kier molecular flexibility index (Phi) is 5.14. The third-order valence-electron chi connectivity index (χ3n) is 3.12. The Balaban J connectivity index is 2.40. The number of hydrogen-bond donors (Lipinski definition) is 2. The molecule has 0 aliphatic rings. The molecule has 1 aromatic carbocycles. The molecule has 0 atom stereocenters. The molecule has 0 aliphatic carbocycles. The van der Waals surface area contributed by atoms with Crippen molar-refractivity contribution in [3.63, 3.8) is 0 Å². The third-order valence-corrected chi connectivity index (χ3v) is 3.12. The summed E-state index contributed by atoms with van der Waals surface area (Å²) in [6.45, 7) is 0. The Morgan fingerprint density at radius 1 is 1.22 bits per heavy atom. The largest absolute Gasteiger partial charge is 0.435 e. The van der Waals surface area contributed by atoms with Gasteiger partial charge in [-0.1, -0.05) is 0 Å². The normalized spacial score (nSPS) is 11.2. The summed E-state index contributed by atoms with van der Waals surface area (Å²) in [7, 11) is 1.07. The van der Waals surface area contributed by atoms with Crippen molar-refractivity contribution in [3.8, 4) is 0 Å². The minimum absolute atomic E-state index is 0.392. The van der Waals surface area contributed by atoms with Crippen LogP contribution >= 0.6 is 0 Å². The Bertz CT molecular complexity index is 924. The van der Waals surface area contributed by atoms with Crippen LogP contribution in [0.3, 0.4) is 0 Å². The molecule has 1 heterocycles. The summed E-state index contributed by atoms with van der Waals surface area (Å²) in [5, 5.41) is 4.75. The quantitative estimate of drug-likeness (QED) is 0.767. The second-order valence-corrected chi connectivity index (χ2v) is 5.10. The minimum atomic E-state index is -5.07. The zero-order valence-corrected chi connectivity index (χ0v) is 13.3. The number of carbonyl (C=O) groups excluding carboxylic acids is 3. The van der Waals surface area contributed by atoms with Crippen molar-refractivity contribution in [2.24, 2.45) is 12.8 Å². The van der Waals surface area contributed by atoms with Crippen LogP contribution in [0, 0.1) is 11.6 Å². The van der Waals surface area contributed by atoms with Crippen LogP contribution in [0.25, 0.3) is 0 Å². The Labute approximate surface area is 147 Å². The molecule has 27 heavy (non-hydrogen) atoms. The SMILES string of the molecule is Cn1cc(C(=O)N(C(N)=O)C(=O)Nc2cc(F)ccc2F)c(C(F)(F)F)n1.